The van der Waals surface area contributed by atoms with Gasteiger partial charge in [-0.3, -0.25) is 5.43 Å². The van der Waals surface area contributed by atoms with E-state index in [4.69, 9.17) is 12.2 Å². The summed E-state index contributed by atoms with van der Waals surface area (Å²) in [5.74, 6) is -0.266. The van der Waals surface area contributed by atoms with Crippen molar-refractivity contribution in [2.45, 2.75) is 11.8 Å². The topological polar surface area (TPSA) is 64.7 Å². The van der Waals surface area contributed by atoms with Gasteiger partial charge in [-0.25, -0.2) is 12.8 Å². The highest BCUT2D eigenvalue weighted by atomic mass is 32.2. The molecular formula is C18H21FN4O2S2. The average molecular weight is 409 g/mol. The first kappa shape index (κ1) is 19.5. The molecule has 2 aromatic carbocycles. The number of rotatable bonds is 4. The van der Waals surface area contributed by atoms with Gasteiger partial charge in [-0.1, -0.05) is 23.8 Å². The lowest BCUT2D eigenvalue weighted by Crippen LogP contribution is -2.55. The molecule has 1 heterocycles. The number of thiocarbonyl (C=S) groups is 1. The second-order valence-corrected chi connectivity index (χ2v) is 8.37. The molecule has 0 aliphatic carbocycles. The van der Waals surface area contributed by atoms with Crippen LogP contribution in [-0.2, 0) is 10.0 Å². The lowest BCUT2D eigenvalue weighted by Gasteiger charge is -2.37. The first-order valence-corrected chi connectivity index (χ1v) is 10.4. The molecule has 0 atom stereocenters. The summed E-state index contributed by atoms with van der Waals surface area (Å²) in [6.07, 6.45) is 0. The molecule has 2 N–H and O–H groups in total. The minimum atomic E-state index is -3.70. The van der Waals surface area contributed by atoms with Crippen LogP contribution in [0.15, 0.2) is 53.4 Å². The summed E-state index contributed by atoms with van der Waals surface area (Å²) in [4.78, 5) is 6.43. The molecule has 9 heteroatoms. The van der Waals surface area contributed by atoms with Crippen LogP contribution in [0.4, 0.5) is 10.1 Å². The maximum Gasteiger partial charge on any atom is 0.257 e. The Kier molecular flexibility index (Phi) is 5.93. The van der Waals surface area contributed by atoms with Gasteiger partial charge >= 0.3 is 0 Å². The first-order chi connectivity index (χ1) is 12.8. The van der Waals surface area contributed by atoms with Crippen molar-refractivity contribution >= 4 is 33.0 Å². The molecule has 0 saturated carbocycles. The van der Waals surface area contributed by atoms with Gasteiger partial charge in [0.1, 0.15) is 5.82 Å². The van der Waals surface area contributed by atoms with Crippen molar-refractivity contribution < 1.29 is 12.8 Å². The monoisotopic (exact) mass is 408 g/mol. The molecule has 144 valence electrons. The van der Waals surface area contributed by atoms with Crippen molar-refractivity contribution in [2.24, 2.45) is 0 Å². The third-order valence-electron chi connectivity index (χ3n) is 4.36. The highest BCUT2D eigenvalue weighted by molar-refractivity contribution is 7.89. The van der Waals surface area contributed by atoms with E-state index in [0.717, 1.165) is 11.3 Å². The van der Waals surface area contributed by atoms with E-state index in [0.29, 0.717) is 31.3 Å². The van der Waals surface area contributed by atoms with E-state index >= 15 is 0 Å². The van der Waals surface area contributed by atoms with E-state index in [1.165, 1.54) is 12.1 Å². The average Bonchev–Trinajstić information content (AvgIpc) is 2.67. The van der Waals surface area contributed by atoms with E-state index in [2.05, 4.69) is 15.2 Å². The molecule has 0 unspecified atom stereocenters. The molecule has 0 radical (unpaired) electrons. The fourth-order valence-electron chi connectivity index (χ4n) is 2.81. The van der Waals surface area contributed by atoms with Crippen molar-refractivity contribution in [3.8, 4) is 0 Å². The van der Waals surface area contributed by atoms with Crippen molar-refractivity contribution in [3.63, 3.8) is 0 Å². The second kappa shape index (κ2) is 8.20. The fraction of sp³-hybridized carbons (Fsp3) is 0.278. The van der Waals surface area contributed by atoms with Gasteiger partial charge in [0.15, 0.2) is 5.11 Å². The van der Waals surface area contributed by atoms with E-state index in [1.54, 1.807) is 30.3 Å². The Morgan fingerprint density at radius 1 is 1.07 bits per heavy atom. The summed E-state index contributed by atoms with van der Waals surface area (Å²) in [6.45, 7) is 4.43. The van der Waals surface area contributed by atoms with Gasteiger partial charge in [0.05, 0.1) is 4.90 Å². The predicted molar refractivity (Wildman–Crippen MR) is 107 cm³/mol. The minimum absolute atomic E-state index is 0.166. The molecule has 1 aliphatic rings. The Morgan fingerprint density at radius 2 is 1.74 bits per heavy atom. The zero-order chi connectivity index (χ0) is 19.4. The predicted octanol–water partition coefficient (Wildman–Crippen LogP) is 2.02. The molecule has 1 saturated heterocycles. The van der Waals surface area contributed by atoms with E-state index in [1.807, 2.05) is 17.9 Å². The van der Waals surface area contributed by atoms with Crippen LogP contribution in [0, 0.1) is 12.7 Å². The lowest BCUT2D eigenvalue weighted by molar-refractivity contribution is 0.378. The molecule has 0 amide bonds. The molecular weight excluding hydrogens is 387 g/mol. The SMILES string of the molecule is Cc1ccc(S(=O)(=O)NNC(=S)N2CCN(c3cccc(F)c3)CC2)cc1. The number of piperazine rings is 1. The highest BCUT2D eigenvalue weighted by Crippen LogP contribution is 2.17. The van der Waals surface area contributed by atoms with Gasteiger partial charge in [0.25, 0.3) is 10.0 Å². The Labute approximate surface area is 164 Å². The van der Waals surface area contributed by atoms with Crippen LogP contribution in [0.25, 0.3) is 0 Å². The molecule has 0 bridgehead atoms. The number of hydrazine groups is 1. The Balaban J connectivity index is 1.53. The Bertz CT molecular complexity index is 911. The van der Waals surface area contributed by atoms with Gasteiger partial charge in [0, 0.05) is 31.9 Å². The van der Waals surface area contributed by atoms with Gasteiger partial charge in [0.2, 0.25) is 0 Å². The van der Waals surface area contributed by atoms with Crippen molar-refractivity contribution in [1.29, 1.82) is 0 Å². The number of hydrogen-bond donors (Lipinski definition) is 2. The van der Waals surface area contributed by atoms with E-state index in [-0.39, 0.29) is 10.7 Å². The van der Waals surface area contributed by atoms with Gasteiger partial charge < -0.3 is 9.80 Å². The van der Waals surface area contributed by atoms with Crippen LogP contribution in [0.2, 0.25) is 0 Å². The van der Waals surface area contributed by atoms with Gasteiger partial charge in [-0.15, -0.1) is 4.83 Å². The molecule has 1 fully saturated rings. The molecule has 0 aromatic heterocycles. The van der Waals surface area contributed by atoms with Crippen LogP contribution < -0.4 is 15.2 Å². The number of sulfonamides is 1. The molecule has 2 aromatic rings. The Hall–Kier alpha value is -2.23. The number of hydrogen-bond acceptors (Lipinski definition) is 4. The number of nitrogens with zero attached hydrogens (tertiary/aromatic N) is 2. The number of halogens is 1. The van der Waals surface area contributed by atoms with Crippen LogP contribution in [0.1, 0.15) is 5.56 Å². The molecule has 3 rings (SSSR count). The van der Waals surface area contributed by atoms with Crippen molar-refractivity contribution in [1.82, 2.24) is 15.2 Å². The maximum atomic E-state index is 13.4. The zero-order valence-electron chi connectivity index (χ0n) is 14.9. The lowest BCUT2D eigenvalue weighted by atomic mass is 10.2. The third-order valence-corrected chi connectivity index (χ3v) is 5.99. The van der Waals surface area contributed by atoms with Crippen LogP contribution >= 0.6 is 12.2 Å². The largest absolute Gasteiger partial charge is 0.368 e. The molecule has 0 spiro atoms. The van der Waals surface area contributed by atoms with E-state index < -0.39 is 10.0 Å². The number of aryl methyl sites for hydroxylation is 1. The number of anilines is 1. The minimum Gasteiger partial charge on any atom is -0.368 e. The third kappa shape index (κ3) is 4.94. The summed E-state index contributed by atoms with van der Waals surface area (Å²) in [5.41, 5.74) is 4.42. The number of nitrogens with one attached hydrogen (secondary N) is 2. The summed E-state index contributed by atoms with van der Waals surface area (Å²) < 4.78 is 38.0. The van der Waals surface area contributed by atoms with E-state index in [9.17, 15) is 12.8 Å². The van der Waals surface area contributed by atoms with Gasteiger partial charge in [-0.2, -0.15) is 0 Å². The fourth-order valence-corrected chi connectivity index (χ4v) is 3.95. The number of benzene rings is 2. The molecule has 27 heavy (non-hydrogen) atoms. The van der Waals surface area contributed by atoms with Crippen LogP contribution in [-0.4, -0.2) is 44.6 Å². The van der Waals surface area contributed by atoms with Crippen LogP contribution in [0.5, 0.6) is 0 Å². The van der Waals surface area contributed by atoms with Crippen LogP contribution in [0.3, 0.4) is 0 Å². The molecule has 1 aliphatic heterocycles. The standard InChI is InChI=1S/C18H21FN4O2S2/c1-14-5-7-17(8-6-14)27(24,25)21-20-18(26)23-11-9-22(10-12-23)16-4-2-3-15(19)13-16/h2-8,13,21H,9-12H2,1H3,(H,20,26). The Morgan fingerprint density at radius 3 is 2.37 bits per heavy atom. The summed E-state index contributed by atoms with van der Waals surface area (Å²) >= 11 is 5.30. The normalized spacial score (nSPS) is 14.9. The zero-order valence-corrected chi connectivity index (χ0v) is 16.5. The first-order valence-electron chi connectivity index (χ1n) is 8.49. The quantitative estimate of drug-likeness (QED) is 0.596. The smallest absolute Gasteiger partial charge is 0.257 e. The molecule has 6 nitrogen and oxygen atoms in total. The second-order valence-electron chi connectivity index (χ2n) is 6.30. The van der Waals surface area contributed by atoms with Crippen molar-refractivity contribution in [3.05, 3.63) is 59.9 Å². The summed E-state index contributed by atoms with van der Waals surface area (Å²) in [6, 6.07) is 13.0. The highest BCUT2D eigenvalue weighted by Gasteiger charge is 2.21. The maximum absolute atomic E-state index is 13.4. The van der Waals surface area contributed by atoms with Crippen molar-refractivity contribution in [2.75, 3.05) is 31.1 Å². The summed E-state index contributed by atoms with van der Waals surface area (Å²) in [7, 11) is -3.70. The summed E-state index contributed by atoms with van der Waals surface area (Å²) in [5, 5.41) is 0.310. The van der Waals surface area contributed by atoms with Gasteiger partial charge in [-0.05, 0) is 49.5 Å².